The van der Waals surface area contributed by atoms with Crippen LogP contribution in [0.3, 0.4) is 0 Å². The van der Waals surface area contributed by atoms with Crippen LogP contribution in [-0.2, 0) is 6.18 Å². The van der Waals surface area contributed by atoms with Crippen molar-refractivity contribution in [3.63, 3.8) is 0 Å². The Morgan fingerprint density at radius 2 is 2.00 bits per heavy atom. The van der Waals surface area contributed by atoms with Crippen LogP contribution in [0, 0.1) is 0 Å². The molecule has 1 N–H and O–H groups in total. The van der Waals surface area contributed by atoms with Crippen LogP contribution in [-0.4, -0.2) is 51.9 Å². The molecule has 1 aliphatic heterocycles. The van der Waals surface area contributed by atoms with Gasteiger partial charge in [-0.15, -0.1) is 0 Å². The lowest BCUT2D eigenvalue weighted by Crippen LogP contribution is -2.55. The van der Waals surface area contributed by atoms with Gasteiger partial charge >= 0.3 is 12.3 Å². The van der Waals surface area contributed by atoms with Gasteiger partial charge in [0.2, 0.25) is 5.88 Å². The van der Waals surface area contributed by atoms with Crippen molar-refractivity contribution in [2.24, 2.45) is 0 Å². The maximum Gasteiger partial charge on any atom is 0.417 e. The molecule has 1 fully saturated rings. The number of ether oxygens (including phenoxy) is 1. The Kier molecular flexibility index (Phi) is 4.94. The third-order valence-corrected chi connectivity index (χ3v) is 3.81. The minimum atomic E-state index is -4.47. The summed E-state index contributed by atoms with van der Waals surface area (Å²) < 4.78 is 42.9. The molecular weight excluding hydrogens is 353 g/mol. The molecule has 3 rings (SSSR count). The van der Waals surface area contributed by atoms with Crippen LogP contribution in [0.15, 0.2) is 42.7 Å². The highest BCUT2D eigenvalue weighted by Gasteiger charge is 2.33. The van der Waals surface area contributed by atoms with E-state index < -0.39 is 24.1 Å². The van der Waals surface area contributed by atoms with Gasteiger partial charge in [-0.05, 0) is 18.2 Å². The second-order valence-corrected chi connectivity index (χ2v) is 5.56. The number of nitrogens with zero attached hydrogens (tertiary/aromatic N) is 4. The molecule has 0 aromatic carbocycles. The number of anilines is 1. The lowest BCUT2D eigenvalue weighted by atomic mass is 10.2. The molecule has 0 bridgehead atoms. The van der Waals surface area contributed by atoms with E-state index in [9.17, 15) is 23.1 Å². The van der Waals surface area contributed by atoms with E-state index in [1.807, 2.05) is 0 Å². The highest BCUT2D eigenvalue weighted by Crippen LogP contribution is 2.29. The third-order valence-electron chi connectivity index (χ3n) is 3.81. The summed E-state index contributed by atoms with van der Waals surface area (Å²) in [6.07, 6.45) is -4.07. The predicted octanol–water partition coefficient (Wildman–Crippen LogP) is 2.13. The molecule has 0 saturated carbocycles. The molecule has 1 amide bonds. The Balaban J connectivity index is 1.62. The summed E-state index contributed by atoms with van der Waals surface area (Å²) in [5, 5.41) is 10.2. The van der Waals surface area contributed by atoms with Crippen molar-refractivity contribution in [1.82, 2.24) is 14.9 Å². The van der Waals surface area contributed by atoms with Crippen LogP contribution in [0.5, 0.6) is 5.88 Å². The van der Waals surface area contributed by atoms with Gasteiger partial charge < -0.3 is 19.6 Å². The molecule has 7 nitrogen and oxygen atoms in total. The minimum absolute atomic E-state index is 0.0750. The fraction of sp³-hybridized carbons (Fsp3) is 0.312. The molecule has 0 aliphatic carbocycles. The lowest BCUT2D eigenvalue weighted by Gasteiger charge is -2.38. The second-order valence-electron chi connectivity index (χ2n) is 5.56. The Labute approximate surface area is 146 Å². The average molecular weight is 368 g/mol. The maximum absolute atomic E-state index is 12.6. The quantitative estimate of drug-likeness (QED) is 0.875. The van der Waals surface area contributed by atoms with Crippen molar-refractivity contribution in [1.29, 1.82) is 0 Å². The van der Waals surface area contributed by atoms with Gasteiger partial charge in [-0.3, -0.25) is 0 Å². The van der Waals surface area contributed by atoms with Gasteiger partial charge in [-0.25, -0.2) is 14.8 Å². The van der Waals surface area contributed by atoms with Crippen molar-refractivity contribution in [3.05, 3.63) is 48.3 Å². The minimum Gasteiger partial charge on any atom is -0.391 e. The SMILES string of the molecule is O=C(Oc1ccccn1)N1CCN(c2ccc(C(F)(F)F)cn2)[C@@H](O)C1. The molecule has 138 valence electrons. The highest BCUT2D eigenvalue weighted by atomic mass is 19.4. The Hall–Kier alpha value is -2.88. The van der Waals surface area contributed by atoms with E-state index in [-0.39, 0.29) is 31.3 Å². The standard InChI is InChI=1S/C16H15F3N4O3/c17-16(18,19)11-4-5-12(21-9-11)23-8-7-22(10-14(23)24)15(25)26-13-3-1-2-6-20-13/h1-6,9,14,24H,7-8,10H2/t14-/m0/s1. The van der Waals surface area contributed by atoms with Crippen LogP contribution in [0.1, 0.15) is 5.56 Å². The number of piperazine rings is 1. The molecule has 3 heterocycles. The zero-order chi connectivity index (χ0) is 18.7. The first kappa shape index (κ1) is 17.9. The molecule has 1 atom stereocenters. The Bertz CT molecular complexity index is 756. The topological polar surface area (TPSA) is 78.8 Å². The number of amides is 1. The molecule has 1 aliphatic rings. The normalized spacial score (nSPS) is 17.9. The van der Waals surface area contributed by atoms with E-state index >= 15 is 0 Å². The number of aliphatic hydroxyl groups excluding tert-OH is 1. The summed E-state index contributed by atoms with van der Waals surface area (Å²) in [5.74, 6) is 0.335. The summed E-state index contributed by atoms with van der Waals surface area (Å²) >= 11 is 0. The number of aromatic nitrogens is 2. The van der Waals surface area contributed by atoms with Gasteiger partial charge in [0.05, 0.1) is 12.1 Å². The number of carbonyl (C=O) groups is 1. The molecule has 26 heavy (non-hydrogen) atoms. The van der Waals surface area contributed by atoms with Gasteiger partial charge in [0.1, 0.15) is 12.0 Å². The maximum atomic E-state index is 12.6. The first-order chi connectivity index (χ1) is 12.3. The van der Waals surface area contributed by atoms with Gasteiger partial charge in [0, 0.05) is 31.5 Å². The fourth-order valence-electron chi connectivity index (χ4n) is 2.48. The predicted molar refractivity (Wildman–Crippen MR) is 84.4 cm³/mol. The number of hydrogen-bond donors (Lipinski definition) is 1. The van der Waals surface area contributed by atoms with Crippen molar-refractivity contribution >= 4 is 11.9 Å². The Morgan fingerprint density at radius 1 is 1.19 bits per heavy atom. The van der Waals surface area contributed by atoms with E-state index in [1.54, 1.807) is 12.1 Å². The molecule has 0 radical (unpaired) electrons. The fourth-order valence-corrected chi connectivity index (χ4v) is 2.48. The van der Waals surface area contributed by atoms with Crippen LogP contribution >= 0.6 is 0 Å². The van der Waals surface area contributed by atoms with Crippen molar-refractivity contribution in [2.45, 2.75) is 12.4 Å². The molecule has 0 spiro atoms. The summed E-state index contributed by atoms with van der Waals surface area (Å²) in [7, 11) is 0. The van der Waals surface area contributed by atoms with Gasteiger partial charge in [-0.1, -0.05) is 6.07 Å². The van der Waals surface area contributed by atoms with E-state index in [2.05, 4.69) is 9.97 Å². The number of rotatable bonds is 2. The highest BCUT2D eigenvalue weighted by molar-refractivity contribution is 5.70. The van der Waals surface area contributed by atoms with Crippen molar-refractivity contribution < 1.29 is 27.8 Å². The van der Waals surface area contributed by atoms with E-state index in [4.69, 9.17) is 4.74 Å². The smallest absolute Gasteiger partial charge is 0.391 e. The van der Waals surface area contributed by atoms with Crippen molar-refractivity contribution in [3.8, 4) is 5.88 Å². The summed E-state index contributed by atoms with van der Waals surface area (Å²) in [5.41, 5.74) is -0.867. The number of β-amino-alcohol motifs (C(OH)–C–C–N with tert-alkyl or cyclic N) is 1. The molecular formula is C16H15F3N4O3. The number of aliphatic hydroxyl groups is 1. The summed E-state index contributed by atoms with van der Waals surface area (Å²) in [6, 6.07) is 6.96. The Morgan fingerprint density at radius 3 is 2.58 bits per heavy atom. The zero-order valence-corrected chi connectivity index (χ0v) is 13.4. The van der Waals surface area contributed by atoms with E-state index in [1.165, 1.54) is 28.1 Å². The molecule has 0 unspecified atom stereocenters. The number of alkyl halides is 3. The number of hydrogen-bond acceptors (Lipinski definition) is 6. The van der Waals surface area contributed by atoms with Crippen LogP contribution in [0.4, 0.5) is 23.8 Å². The zero-order valence-electron chi connectivity index (χ0n) is 13.4. The average Bonchev–Trinajstić information content (AvgIpc) is 2.62. The first-order valence-corrected chi connectivity index (χ1v) is 7.70. The monoisotopic (exact) mass is 368 g/mol. The van der Waals surface area contributed by atoms with E-state index in [0.29, 0.717) is 6.20 Å². The van der Waals surface area contributed by atoms with E-state index in [0.717, 1.165) is 6.07 Å². The molecule has 2 aromatic rings. The van der Waals surface area contributed by atoms with Gasteiger partial charge in [0.25, 0.3) is 0 Å². The molecule has 2 aromatic heterocycles. The second kappa shape index (κ2) is 7.16. The van der Waals surface area contributed by atoms with Crippen molar-refractivity contribution in [2.75, 3.05) is 24.5 Å². The molecule has 10 heteroatoms. The summed E-state index contributed by atoms with van der Waals surface area (Å²) in [4.78, 5) is 22.5. The number of halogens is 3. The van der Waals surface area contributed by atoms with Gasteiger partial charge in [-0.2, -0.15) is 13.2 Å². The largest absolute Gasteiger partial charge is 0.417 e. The third kappa shape index (κ3) is 4.02. The van der Waals surface area contributed by atoms with Crippen LogP contribution in [0.2, 0.25) is 0 Å². The first-order valence-electron chi connectivity index (χ1n) is 7.70. The van der Waals surface area contributed by atoms with Crippen LogP contribution < -0.4 is 9.64 Å². The number of carbonyl (C=O) groups excluding carboxylic acids is 1. The summed E-state index contributed by atoms with van der Waals surface area (Å²) in [6.45, 7) is 0.330. The molecule has 1 saturated heterocycles. The van der Waals surface area contributed by atoms with Gasteiger partial charge in [0.15, 0.2) is 0 Å². The number of pyridine rings is 2. The lowest BCUT2D eigenvalue weighted by molar-refractivity contribution is -0.137. The van der Waals surface area contributed by atoms with Crippen LogP contribution in [0.25, 0.3) is 0 Å².